The van der Waals surface area contributed by atoms with Crippen molar-refractivity contribution >= 4 is 11.9 Å². The van der Waals surface area contributed by atoms with Gasteiger partial charge in [-0.3, -0.25) is 4.79 Å². The molecule has 1 aliphatic rings. The van der Waals surface area contributed by atoms with Gasteiger partial charge in [-0.1, -0.05) is 6.07 Å². The predicted molar refractivity (Wildman–Crippen MR) is 73.9 cm³/mol. The number of hydrogen-bond acceptors (Lipinski definition) is 4. The van der Waals surface area contributed by atoms with Crippen LogP contribution in [0.1, 0.15) is 31.8 Å². The second-order valence-corrected chi connectivity index (χ2v) is 4.90. The van der Waals surface area contributed by atoms with Gasteiger partial charge in [0.1, 0.15) is 0 Å². The van der Waals surface area contributed by atoms with Gasteiger partial charge in [-0.05, 0) is 35.7 Å². The topological polar surface area (TPSA) is 83.4 Å². The molecule has 2 heterocycles. The molecule has 0 atom stereocenters. The molecule has 1 aliphatic heterocycles. The summed E-state index contributed by atoms with van der Waals surface area (Å²) in [5.74, 6) is -1.07. The number of aromatic carboxylic acids is 1. The Morgan fingerprint density at radius 1 is 1.10 bits per heavy atom. The number of carbonyl (C=O) groups is 2. The first-order valence-corrected chi connectivity index (χ1v) is 6.56. The zero-order valence-corrected chi connectivity index (χ0v) is 11.2. The molecule has 0 aliphatic carbocycles. The van der Waals surface area contributed by atoms with E-state index < -0.39 is 5.97 Å². The standard InChI is InChI=1S/C15H13N3O3/c19-14(12-3-5-16-17-8-12)18-6-4-10-1-2-11(15(20)21)7-13(10)9-18/h1-3,5,7-8H,4,6,9H2,(H,20,21). The predicted octanol–water partition coefficient (Wildman–Crippen LogP) is 1.37. The molecular weight excluding hydrogens is 270 g/mol. The van der Waals surface area contributed by atoms with Gasteiger partial charge in [0.2, 0.25) is 0 Å². The van der Waals surface area contributed by atoms with Crippen molar-refractivity contribution in [3.63, 3.8) is 0 Å². The second-order valence-electron chi connectivity index (χ2n) is 4.90. The molecule has 6 nitrogen and oxygen atoms in total. The van der Waals surface area contributed by atoms with Gasteiger partial charge in [0.05, 0.1) is 23.5 Å². The summed E-state index contributed by atoms with van der Waals surface area (Å²) in [6.45, 7) is 1.03. The van der Waals surface area contributed by atoms with E-state index in [4.69, 9.17) is 5.11 Å². The summed E-state index contributed by atoms with van der Waals surface area (Å²) >= 11 is 0. The van der Waals surface area contributed by atoms with Crippen LogP contribution in [0.5, 0.6) is 0 Å². The summed E-state index contributed by atoms with van der Waals surface area (Å²) in [5.41, 5.74) is 2.71. The van der Waals surface area contributed by atoms with Gasteiger partial charge in [-0.2, -0.15) is 10.2 Å². The Morgan fingerprint density at radius 2 is 1.95 bits per heavy atom. The van der Waals surface area contributed by atoms with Crippen LogP contribution in [0.3, 0.4) is 0 Å². The minimum atomic E-state index is -0.959. The van der Waals surface area contributed by atoms with Crippen LogP contribution >= 0.6 is 0 Å². The maximum atomic E-state index is 12.4. The summed E-state index contributed by atoms with van der Waals surface area (Å²) in [5, 5.41) is 16.4. The quantitative estimate of drug-likeness (QED) is 0.900. The van der Waals surface area contributed by atoms with Crippen molar-refractivity contribution in [1.82, 2.24) is 15.1 Å². The molecule has 1 amide bonds. The van der Waals surface area contributed by atoms with Crippen LogP contribution in [0.25, 0.3) is 0 Å². The number of carboxylic acids is 1. The highest BCUT2D eigenvalue weighted by molar-refractivity contribution is 5.94. The van der Waals surface area contributed by atoms with Gasteiger partial charge in [0, 0.05) is 13.1 Å². The van der Waals surface area contributed by atoms with Crippen LogP contribution in [-0.4, -0.2) is 38.6 Å². The summed E-state index contributed by atoms with van der Waals surface area (Å²) < 4.78 is 0. The van der Waals surface area contributed by atoms with Gasteiger partial charge in [-0.15, -0.1) is 0 Å². The monoisotopic (exact) mass is 283 g/mol. The van der Waals surface area contributed by atoms with Crippen LogP contribution < -0.4 is 0 Å². The zero-order chi connectivity index (χ0) is 14.8. The average Bonchev–Trinajstić information content (AvgIpc) is 2.54. The Hall–Kier alpha value is -2.76. The Labute approximate surface area is 121 Å². The minimum absolute atomic E-state index is 0.115. The summed E-state index contributed by atoms with van der Waals surface area (Å²) in [6.07, 6.45) is 3.64. The van der Waals surface area contributed by atoms with Gasteiger partial charge >= 0.3 is 5.97 Å². The number of rotatable bonds is 2. The third-order valence-corrected chi connectivity index (χ3v) is 3.58. The number of carboxylic acid groups (broad SMARTS) is 1. The van der Waals surface area contributed by atoms with Crippen LogP contribution in [0.2, 0.25) is 0 Å². The van der Waals surface area contributed by atoms with E-state index in [2.05, 4.69) is 10.2 Å². The average molecular weight is 283 g/mol. The molecule has 0 radical (unpaired) electrons. The Balaban J connectivity index is 1.85. The number of aromatic nitrogens is 2. The fraction of sp³-hybridized carbons (Fsp3) is 0.200. The van der Waals surface area contributed by atoms with Crippen molar-refractivity contribution in [2.45, 2.75) is 13.0 Å². The molecule has 2 aromatic rings. The number of fused-ring (bicyclic) bond motifs is 1. The molecular formula is C15H13N3O3. The molecule has 21 heavy (non-hydrogen) atoms. The molecule has 0 fully saturated rings. The molecule has 3 rings (SSSR count). The molecule has 0 bridgehead atoms. The molecule has 0 unspecified atom stereocenters. The lowest BCUT2D eigenvalue weighted by atomic mass is 9.97. The minimum Gasteiger partial charge on any atom is -0.478 e. The van der Waals surface area contributed by atoms with E-state index in [-0.39, 0.29) is 11.5 Å². The molecule has 1 aromatic heterocycles. The van der Waals surface area contributed by atoms with Gasteiger partial charge in [0.25, 0.3) is 5.91 Å². The second kappa shape index (κ2) is 5.32. The summed E-state index contributed by atoms with van der Waals surface area (Å²) in [6, 6.07) is 6.69. The molecule has 1 N–H and O–H groups in total. The first-order valence-electron chi connectivity index (χ1n) is 6.56. The van der Waals surface area contributed by atoms with E-state index in [1.54, 1.807) is 23.1 Å². The van der Waals surface area contributed by atoms with Crippen molar-refractivity contribution in [2.75, 3.05) is 6.54 Å². The van der Waals surface area contributed by atoms with Gasteiger partial charge < -0.3 is 10.0 Å². The molecule has 0 saturated carbocycles. The van der Waals surface area contributed by atoms with Gasteiger partial charge in [0.15, 0.2) is 0 Å². The smallest absolute Gasteiger partial charge is 0.335 e. The SMILES string of the molecule is O=C(O)c1ccc2c(c1)CN(C(=O)c1ccnnc1)CC2. The maximum absolute atomic E-state index is 12.4. The van der Waals surface area contributed by atoms with E-state index in [1.165, 1.54) is 12.4 Å². The number of amides is 1. The van der Waals surface area contributed by atoms with Crippen LogP contribution in [0, 0.1) is 0 Å². The van der Waals surface area contributed by atoms with Gasteiger partial charge in [-0.25, -0.2) is 4.79 Å². The van der Waals surface area contributed by atoms with E-state index in [0.29, 0.717) is 18.7 Å². The first-order chi connectivity index (χ1) is 10.1. The van der Waals surface area contributed by atoms with Crippen LogP contribution in [0.15, 0.2) is 36.7 Å². The third-order valence-electron chi connectivity index (χ3n) is 3.58. The number of nitrogens with zero attached hydrogens (tertiary/aromatic N) is 3. The van der Waals surface area contributed by atoms with E-state index in [0.717, 1.165) is 17.5 Å². The lowest BCUT2D eigenvalue weighted by Crippen LogP contribution is -2.36. The number of benzene rings is 1. The van der Waals surface area contributed by atoms with Crippen molar-refractivity contribution in [1.29, 1.82) is 0 Å². The summed E-state index contributed by atoms with van der Waals surface area (Å²) in [7, 11) is 0. The summed E-state index contributed by atoms with van der Waals surface area (Å²) in [4.78, 5) is 25.1. The van der Waals surface area contributed by atoms with E-state index in [1.807, 2.05) is 6.07 Å². The highest BCUT2D eigenvalue weighted by atomic mass is 16.4. The molecule has 0 saturated heterocycles. The Morgan fingerprint density at radius 3 is 2.67 bits per heavy atom. The van der Waals surface area contributed by atoms with Crippen molar-refractivity contribution in [2.24, 2.45) is 0 Å². The lowest BCUT2D eigenvalue weighted by molar-refractivity contribution is 0.0696. The molecule has 6 heteroatoms. The first kappa shape index (κ1) is 13.2. The van der Waals surface area contributed by atoms with Crippen molar-refractivity contribution in [3.05, 3.63) is 58.9 Å². The molecule has 0 spiro atoms. The van der Waals surface area contributed by atoms with E-state index >= 15 is 0 Å². The van der Waals surface area contributed by atoms with Crippen LogP contribution in [-0.2, 0) is 13.0 Å². The highest BCUT2D eigenvalue weighted by Crippen LogP contribution is 2.21. The maximum Gasteiger partial charge on any atom is 0.335 e. The molecule has 106 valence electrons. The van der Waals surface area contributed by atoms with E-state index in [9.17, 15) is 9.59 Å². The fourth-order valence-electron chi connectivity index (χ4n) is 2.46. The third kappa shape index (κ3) is 2.60. The van der Waals surface area contributed by atoms with Crippen molar-refractivity contribution < 1.29 is 14.7 Å². The Bertz CT molecular complexity index is 701. The Kier molecular flexibility index (Phi) is 3.35. The normalized spacial score (nSPS) is 13.6. The largest absolute Gasteiger partial charge is 0.478 e. The lowest BCUT2D eigenvalue weighted by Gasteiger charge is -2.29. The number of carbonyl (C=O) groups excluding carboxylic acids is 1. The van der Waals surface area contributed by atoms with Crippen LogP contribution in [0.4, 0.5) is 0 Å². The molecule has 1 aromatic carbocycles. The van der Waals surface area contributed by atoms with Crippen molar-refractivity contribution in [3.8, 4) is 0 Å². The fourth-order valence-corrected chi connectivity index (χ4v) is 2.46. The number of hydrogen-bond donors (Lipinski definition) is 1. The zero-order valence-electron chi connectivity index (χ0n) is 11.2. The highest BCUT2D eigenvalue weighted by Gasteiger charge is 2.22.